The molecule has 0 amide bonds. The molecule has 59 heavy (non-hydrogen) atoms. The minimum atomic E-state index is -0.411. The third-order valence-electron chi connectivity index (χ3n) is 15.9. The number of ether oxygens (including phenoxy) is 4. The van der Waals surface area contributed by atoms with E-state index in [4.69, 9.17) is 18.9 Å². The summed E-state index contributed by atoms with van der Waals surface area (Å²) in [5.41, 5.74) is 2.66. The summed E-state index contributed by atoms with van der Waals surface area (Å²) in [6.07, 6.45) is 22.8. The quantitative estimate of drug-likeness (QED) is 0.0360. The van der Waals surface area contributed by atoms with Crippen LogP contribution in [0.1, 0.15) is 167 Å². The van der Waals surface area contributed by atoms with Gasteiger partial charge in [-0.2, -0.15) is 0 Å². The van der Waals surface area contributed by atoms with Gasteiger partial charge in [-0.15, -0.1) is 0 Å². The van der Waals surface area contributed by atoms with E-state index in [9.17, 15) is 19.2 Å². The van der Waals surface area contributed by atoms with Gasteiger partial charge in [-0.1, -0.05) is 72.1 Å². The van der Waals surface area contributed by atoms with Crippen molar-refractivity contribution < 1.29 is 38.1 Å². The smallest absolute Gasteiger partial charge is 0.338 e. The number of fused-ring (bicyclic) bond motifs is 5. The van der Waals surface area contributed by atoms with Crippen molar-refractivity contribution in [3.05, 3.63) is 54.1 Å². The van der Waals surface area contributed by atoms with Gasteiger partial charge >= 0.3 is 23.9 Å². The molecular weight excluding hydrogens is 741 g/mol. The van der Waals surface area contributed by atoms with Gasteiger partial charge in [0.25, 0.3) is 0 Å². The molecule has 0 heterocycles. The highest BCUT2D eigenvalue weighted by Crippen LogP contribution is 2.67. The number of unbranched alkanes of at least 4 members (excludes halogenated alkanes) is 3. The first-order chi connectivity index (χ1) is 28.3. The van der Waals surface area contributed by atoms with Gasteiger partial charge in [0, 0.05) is 12.5 Å². The molecule has 4 fully saturated rings. The molecule has 0 aliphatic heterocycles. The van der Waals surface area contributed by atoms with Crippen molar-refractivity contribution in [2.45, 2.75) is 163 Å². The summed E-state index contributed by atoms with van der Waals surface area (Å²) in [6.45, 7) is 16.6. The summed E-state index contributed by atoms with van der Waals surface area (Å²) >= 11 is 0. The van der Waals surface area contributed by atoms with Gasteiger partial charge in [0.05, 0.1) is 30.6 Å². The Balaban J connectivity index is 0.908. The average molecular weight is 815 g/mol. The largest absolute Gasteiger partial charge is 0.465 e. The molecule has 326 valence electrons. The van der Waals surface area contributed by atoms with Crippen LogP contribution in [-0.2, 0) is 28.6 Å². The van der Waals surface area contributed by atoms with Gasteiger partial charge in [0.2, 0.25) is 0 Å². The van der Waals surface area contributed by atoms with Gasteiger partial charge in [0.15, 0.2) is 0 Å². The third-order valence-corrected chi connectivity index (χ3v) is 15.9. The van der Waals surface area contributed by atoms with Crippen molar-refractivity contribution in [2.24, 2.45) is 58.2 Å². The Morgan fingerprint density at radius 2 is 1.44 bits per heavy atom. The normalized spacial score (nSPS) is 31.8. The average Bonchev–Trinajstić information content (AvgIpc) is 3.59. The van der Waals surface area contributed by atoms with Crippen molar-refractivity contribution in [1.29, 1.82) is 0 Å². The molecule has 4 saturated carbocycles. The van der Waals surface area contributed by atoms with Crippen LogP contribution < -0.4 is 4.74 Å². The topological polar surface area (TPSA) is 105 Å². The number of hydrogen-bond donors (Lipinski definition) is 0. The Kier molecular flexibility index (Phi) is 15.6. The fourth-order valence-corrected chi connectivity index (χ4v) is 12.5. The fraction of sp³-hybridized carbons (Fsp3) is 0.725. The van der Waals surface area contributed by atoms with Crippen molar-refractivity contribution in [3.8, 4) is 5.75 Å². The molecular formula is C51H74O8. The number of hydrogen-bond acceptors (Lipinski definition) is 8. The second kappa shape index (κ2) is 20.4. The molecule has 0 bridgehead atoms. The standard InChI is InChI=1S/C51H74O8/c1-7-46(52)56-31-10-8-9-11-32-57-47(53)36-15-17-37(18-16-36)48(54)58-40-22-19-38(20-23-40)49(55)59-41-27-29-50(5)39(33-41)21-24-42-44-26-25-43(35(4)14-12-13-34(2)3)51(44,6)30-28-45(42)50/h7,19-23,34-37,41-45H,1,8-18,24-33H2,2-6H3. The van der Waals surface area contributed by atoms with E-state index in [0.29, 0.717) is 55.6 Å². The summed E-state index contributed by atoms with van der Waals surface area (Å²) < 4.78 is 22.3. The zero-order valence-electron chi connectivity index (χ0n) is 37.0. The van der Waals surface area contributed by atoms with Crippen molar-refractivity contribution in [2.75, 3.05) is 13.2 Å². The van der Waals surface area contributed by atoms with Crippen LogP contribution in [0.4, 0.5) is 0 Å². The van der Waals surface area contributed by atoms with Gasteiger partial charge < -0.3 is 18.9 Å². The highest BCUT2D eigenvalue weighted by molar-refractivity contribution is 5.89. The van der Waals surface area contributed by atoms with Crippen LogP contribution in [0.15, 0.2) is 48.6 Å². The molecule has 8 nitrogen and oxygen atoms in total. The van der Waals surface area contributed by atoms with E-state index >= 15 is 0 Å². The minimum Gasteiger partial charge on any atom is -0.465 e. The number of benzene rings is 1. The zero-order chi connectivity index (χ0) is 42.2. The van der Waals surface area contributed by atoms with Crippen LogP contribution in [-0.4, -0.2) is 43.2 Å². The van der Waals surface area contributed by atoms with Gasteiger partial charge in [0.1, 0.15) is 11.9 Å². The van der Waals surface area contributed by atoms with E-state index in [0.717, 1.165) is 86.5 Å². The van der Waals surface area contributed by atoms with Crippen LogP contribution in [0.25, 0.3) is 0 Å². The molecule has 8 unspecified atom stereocenters. The molecule has 8 atom stereocenters. The highest BCUT2D eigenvalue weighted by Gasteiger charge is 2.59. The summed E-state index contributed by atoms with van der Waals surface area (Å²) in [4.78, 5) is 50.1. The number of allylic oxidation sites excluding steroid dienone is 1. The van der Waals surface area contributed by atoms with E-state index in [1.165, 1.54) is 56.9 Å². The summed E-state index contributed by atoms with van der Waals surface area (Å²) in [6, 6.07) is 6.71. The maximum Gasteiger partial charge on any atom is 0.338 e. The molecule has 0 saturated heterocycles. The van der Waals surface area contributed by atoms with Crippen molar-refractivity contribution >= 4 is 23.9 Å². The predicted octanol–water partition coefficient (Wildman–Crippen LogP) is 11.8. The maximum absolute atomic E-state index is 13.4. The van der Waals surface area contributed by atoms with Gasteiger partial charge in [-0.25, -0.2) is 9.59 Å². The monoisotopic (exact) mass is 815 g/mol. The van der Waals surface area contributed by atoms with Crippen LogP contribution >= 0.6 is 0 Å². The molecule has 1 aromatic rings. The zero-order valence-corrected chi connectivity index (χ0v) is 37.0. The van der Waals surface area contributed by atoms with Gasteiger partial charge in [-0.05, 0) is 167 Å². The lowest BCUT2D eigenvalue weighted by molar-refractivity contribution is -0.152. The van der Waals surface area contributed by atoms with Crippen LogP contribution in [0.2, 0.25) is 0 Å². The number of esters is 4. The molecule has 0 radical (unpaired) electrons. The van der Waals surface area contributed by atoms with Gasteiger partial charge in [-0.3, -0.25) is 9.59 Å². The number of rotatable bonds is 18. The van der Waals surface area contributed by atoms with E-state index in [-0.39, 0.29) is 41.3 Å². The molecule has 5 aliphatic rings. The third kappa shape index (κ3) is 10.9. The highest BCUT2D eigenvalue weighted by atomic mass is 16.5. The van der Waals surface area contributed by atoms with Crippen LogP contribution in [0.3, 0.4) is 0 Å². The van der Waals surface area contributed by atoms with Crippen molar-refractivity contribution in [3.63, 3.8) is 0 Å². The van der Waals surface area contributed by atoms with E-state index in [2.05, 4.69) is 47.3 Å². The SMILES string of the molecule is C=CC(=O)OCCCCCCOC(=O)C1CCC(C(=O)Oc2ccc(C(=O)OC3CCC4(C)C(=CCC5C4CCC4(C)C(C(C)CCCC(C)C)CCC54)C3)cc2)CC1. The Morgan fingerprint density at radius 3 is 2.12 bits per heavy atom. The van der Waals surface area contributed by atoms with E-state index in [1.54, 1.807) is 24.3 Å². The summed E-state index contributed by atoms with van der Waals surface area (Å²) in [5.74, 6) is 3.52. The fourth-order valence-electron chi connectivity index (χ4n) is 12.5. The molecule has 0 N–H and O–H groups in total. The number of carbonyl (C=O) groups is 4. The molecule has 1 aromatic carbocycles. The number of carbonyl (C=O) groups excluding carboxylic acids is 4. The summed E-state index contributed by atoms with van der Waals surface area (Å²) in [7, 11) is 0. The Labute approximate surface area is 355 Å². The lowest BCUT2D eigenvalue weighted by atomic mass is 9.47. The Bertz CT molecular complexity index is 1640. The van der Waals surface area contributed by atoms with Crippen molar-refractivity contribution in [1.82, 2.24) is 0 Å². The lowest BCUT2D eigenvalue weighted by Crippen LogP contribution is -2.51. The molecule has 0 aromatic heterocycles. The minimum absolute atomic E-state index is 0.119. The second-order valence-corrected chi connectivity index (χ2v) is 20.0. The summed E-state index contributed by atoms with van der Waals surface area (Å²) in [5, 5.41) is 0. The second-order valence-electron chi connectivity index (χ2n) is 20.0. The Hall–Kier alpha value is -3.42. The lowest BCUT2D eigenvalue weighted by Gasteiger charge is -2.58. The maximum atomic E-state index is 13.4. The van der Waals surface area contributed by atoms with E-state index in [1.807, 2.05) is 0 Å². The van der Waals surface area contributed by atoms with Crippen LogP contribution in [0.5, 0.6) is 5.75 Å². The van der Waals surface area contributed by atoms with Crippen LogP contribution in [0, 0.1) is 58.2 Å². The van der Waals surface area contributed by atoms with E-state index < -0.39 is 5.97 Å². The molecule has 6 rings (SSSR count). The molecule has 5 aliphatic carbocycles. The predicted molar refractivity (Wildman–Crippen MR) is 230 cm³/mol. The Morgan fingerprint density at radius 1 is 0.763 bits per heavy atom. The first kappa shape index (κ1) is 45.1. The first-order valence-electron chi connectivity index (χ1n) is 23.5. The molecule has 0 spiro atoms. The molecule has 8 heteroatoms. The first-order valence-corrected chi connectivity index (χ1v) is 23.5.